The monoisotopic (exact) mass is 504 g/mol. The number of primary sulfonamides is 1. The van der Waals surface area contributed by atoms with E-state index in [9.17, 15) is 21.6 Å². The highest BCUT2D eigenvalue weighted by atomic mass is 32.2. The van der Waals surface area contributed by atoms with Crippen LogP contribution in [0.3, 0.4) is 0 Å². The van der Waals surface area contributed by atoms with Gasteiger partial charge in [-0.25, -0.2) is 26.7 Å². The average Bonchev–Trinajstić information content (AvgIpc) is 2.77. The van der Waals surface area contributed by atoms with Crippen molar-refractivity contribution in [3.8, 4) is 17.6 Å². The Labute approximate surface area is 201 Å². The van der Waals surface area contributed by atoms with Crippen LogP contribution in [0, 0.1) is 17.8 Å². The van der Waals surface area contributed by atoms with Crippen LogP contribution < -0.4 is 14.6 Å². The summed E-state index contributed by atoms with van der Waals surface area (Å²) in [4.78, 5) is 11.6. The highest BCUT2D eigenvalue weighted by Gasteiger charge is 2.26. The quantitative estimate of drug-likeness (QED) is 0.581. The zero-order chi connectivity index (χ0) is 24.9. The number of hydrogen-bond donors (Lipinski definition) is 2. The minimum Gasteiger partial charge on any atom is -0.490 e. The van der Waals surface area contributed by atoms with Crippen LogP contribution in [-0.2, 0) is 20.0 Å². The number of ether oxygens (including phenoxy) is 1. The van der Waals surface area contributed by atoms with Crippen LogP contribution in [0.15, 0.2) is 52.3 Å². The van der Waals surface area contributed by atoms with Crippen LogP contribution in [0.5, 0.6) is 5.75 Å². The van der Waals surface area contributed by atoms with E-state index in [1.165, 1.54) is 30.7 Å². The summed E-state index contributed by atoms with van der Waals surface area (Å²) < 4.78 is 56.9. The topological polar surface area (TPSA) is 133 Å². The third-order valence-corrected chi connectivity index (χ3v) is 7.78. The molecule has 0 aromatic heterocycles. The standard InChI is InChI=1S/C24H28N2O6S2/c1-17(2)32-21-16-20(15-14-19(21)13-12-18-8-4-3-5-9-18)24(27)26-34(30,31)23-11-7-6-10-22(23)33(25,28)29/h6-7,10-11,14-18H,3-5,8-9H2,1-2H3,(H,26,27)(H2,25,28,29). The summed E-state index contributed by atoms with van der Waals surface area (Å²) in [7, 11) is -8.84. The number of hydrogen-bond acceptors (Lipinski definition) is 6. The molecule has 182 valence electrons. The molecule has 34 heavy (non-hydrogen) atoms. The van der Waals surface area contributed by atoms with Gasteiger partial charge < -0.3 is 4.74 Å². The fourth-order valence-electron chi connectivity index (χ4n) is 3.69. The molecule has 1 aliphatic rings. The Morgan fingerprint density at radius 2 is 1.68 bits per heavy atom. The predicted octanol–water partition coefficient (Wildman–Crippen LogP) is 3.17. The first-order valence-corrected chi connectivity index (χ1v) is 14.0. The largest absolute Gasteiger partial charge is 0.490 e. The van der Waals surface area contributed by atoms with E-state index in [0.717, 1.165) is 37.8 Å². The van der Waals surface area contributed by atoms with Gasteiger partial charge in [0.1, 0.15) is 15.5 Å². The Morgan fingerprint density at radius 1 is 1.03 bits per heavy atom. The Hall–Kier alpha value is -2.87. The number of carbonyl (C=O) groups is 1. The van der Waals surface area contributed by atoms with Gasteiger partial charge in [-0.05, 0) is 57.0 Å². The SMILES string of the molecule is CC(C)Oc1cc(C(=O)NS(=O)(=O)c2ccccc2S(N)(=O)=O)ccc1C#CC1CCCCC1. The zero-order valence-electron chi connectivity index (χ0n) is 19.1. The molecule has 0 saturated heterocycles. The lowest BCUT2D eigenvalue weighted by Gasteiger charge is -2.16. The van der Waals surface area contributed by atoms with Gasteiger partial charge in [0, 0.05) is 11.5 Å². The fraction of sp³-hybridized carbons (Fsp3) is 0.375. The van der Waals surface area contributed by atoms with Gasteiger partial charge in [0.25, 0.3) is 15.9 Å². The van der Waals surface area contributed by atoms with Crippen molar-refractivity contribution in [3.05, 3.63) is 53.6 Å². The molecule has 0 heterocycles. The molecule has 8 nitrogen and oxygen atoms in total. The minimum atomic E-state index is -4.52. The maximum Gasteiger partial charge on any atom is 0.265 e. The van der Waals surface area contributed by atoms with E-state index in [0.29, 0.717) is 17.2 Å². The number of nitrogens with one attached hydrogen (secondary N) is 1. The number of rotatable bonds is 6. The molecule has 0 bridgehead atoms. The second-order valence-electron chi connectivity index (χ2n) is 8.41. The number of sulfonamides is 2. The molecule has 0 unspecified atom stereocenters. The number of nitrogens with two attached hydrogens (primary N) is 1. The molecule has 3 rings (SSSR count). The smallest absolute Gasteiger partial charge is 0.265 e. The Bertz CT molecular complexity index is 1330. The highest BCUT2D eigenvalue weighted by Crippen LogP contribution is 2.25. The van der Waals surface area contributed by atoms with E-state index < -0.39 is 35.7 Å². The Balaban J connectivity index is 1.90. The molecule has 1 saturated carbocycles. The van der Waals surface area contributed by atoms with Crippen LogP contribution in [0.1, 0.15) is 61.9 Å². The van der Waals surface area contributed by atoms with Gasteiger partial charge in [-0.3, -0.25) is 4.79 Å². The Kier molecular flexibility index (Phi) is 8.02. The van der Waals surface area contributed by atoms with Crippen molar-refractivity contribution < 1.29 is 26.4 Å². The lowest BCUT2D eigenvalue weighted by molar-refractivity contribution is 0.0980. The van der Waals surface area contributed by atoms with Crippen LogP contribution in [0.4, 0.5) is 0 Å². The molecular weight excluding hydrogens is 476 g/mol. The van der Waals surface area contributed by atoms with Crippen molar-refractivity contribution in [1.29, 1.82) is 0 Å². The zero-order valence-corrected chi connectivity index (χ0v) is 20.7. The van der Waals surface area contributed by atoms with Gasteiger partial charge in [-0.2, -0.15) is 0 Å². The molecule has 0 atom stereocenters. The molecular formula is C24H28N2O6S2. The normalized spacial score (nSPS) is 14.8. The fourth-order valence-corrected chi connectivity index (χ4v) is 6.04. The van der Waals surface area contributed by atoms with Gasteiger partial charge in [-0.15, -0.1) is 0 Å². The van der Waals surface area contributed by atoms with E-state index in [1.54, 1.807) is 6.07 Å². The summed E-state index contributed by atoms with van der Waals surface area (Å²) in [5, 5.41) is 5.13. The van der Waals surface area contributed by atoms with Gasteiger partial charge in [0.2, 0.25) is 10.0 Å². The molecule has 1 amide bonds. The molecule has 3 N–H and O–H groups in total. The minimum absolute atomic E-state index is 0.0236. The maximum absolute atomic E-state index is 12.8. The van der Waals surface area contributed by atoms with E-state index in [2.05, 4.69) is 11.8 Å². The van der Waals surface area contributed by atoms with E-state index >= 15 is 0 Å². The molecule has 10 heteroatoms. The number of carbonyl (C=O) groups excluding carboxylic acids is 1. The van der Waals surface area contributed by atoms with Crippen molar-refractivity contribution in [2.45, 2.75) is 61.8 Å². The predicted molar refractivity (Wildman–Crippen MR) is 128 cm³/mol. The Morgan fingerprint density at radius 3 is 2.29 bits per heavy atom. The lowest BCUT2D eigenvalue weighted by atomic mass is 9.89. The van der Waals surface area contributed by atoms with E-state index in [-0.39, 0.29) is 11.7 Å². The van der Waals surface area contributed by atoms with Gasteiger partial charge in [0.15, 0.2) is 0 Å². The lowest BCUT2D eigenvalue weighted by Crippen LogP contribution is -2.32. The van der Waals surface area contributed by atoms with Crippen molar-refractivity contribution in [1.82, 2.24) is 4.72 Å². The molecule has 2 aromatic rings. The van der Waals surface area contributed by atoms with Crippen molar-refractivity contribution >= 4 is 26.0 Å². The second kappa shape index (κ2) is 10.6. The van der Waals surface area contributed by atoms with Gasteiger partial charge in [-0.1, -0.05) is 43.2 Å². The summed E-state index contributed by atoms with van der Waals surface area (Å²) >= 11 is 0. The average molecular weight is 505 g/mol. The van der Waals surface area contributed by atoms with E-state index in [1.807, 2.05) is 18.6 Å². The summed E-state index contributed by atoms with van der Waals surface area (Å²) in [6.07, 6.45) is 5.48. The first-order valence-electron chi connectivity index (χ1n) is 11.0. The van der Waals surface area contributed by atoms with Crippen LogP contribution in [-0.4, -0.2) is 28.8 Å². The van der Waals surface area contributed by atoms with Crippen molar-refractivity contribution in [2.75, 3.05) is 0 Å². The molecule has 1 aliphatic carbocycles. The summed E-state index contributed by atoms with van der Waals surface area (Å²) in [6, 6.07) is 9.30. The molecule has 2 aromatic carbocycles. The maximum atomic E-state index is 12.8. The van der Waals surface area contributed by atoms with E-state index in [4.69, 9.17) is 9.88 Å². The first kappa shape index (κ1) is 25.7. The molecule has 1 fully saturated rings. The molecule has 0 aliphatic heterocycles. The van der Waals surface area contributed by atoms with Gasteiger partial charge >= 0.3 is 0 Å². The van der Waals surface area contributed by atoms with Crippen LogP contribution >= 0.6 is 0 Å². The van der Waals surface area contributed by atoms with Crippen molar-refractivity contribution in [2.24, 2.45) is 11.1 Å². The molecule has 0 radical (unpaired) electrons. The molecule has 0 spiro atoms. The number of amides is 1. The first-order chi connectivity index (χ1) is 16.0. The summed E-state index contributed by atoms with van der Waals surface area (Å²) in [5.41, 5.74) is 0.633. The summed E-state index contributed by atoms with van der Waals surface area (Å²) in [5.74, 6) is 6.19. The second-order valence-corrected chi connectivity index (χ2v) is 11.6. The van der Waals surface area contributed by atoms with Gasteiger partial charge in [0.05, 0.1) is 11.7 Å². The van der Waals surface area contributed by atoms with Crippen LogP contribution in [0.2, 0.25) is 0 Å². The van der Waals surface area contributed by atoms with Crippen molar-refractivity contribution in [3.63, 3.8) is 0 Å². The highest BCUT2D eigenvalue weighted by molar-refractivity contribution is 7.92. The third-order valence-electron chi connectivity index (χ3n) is 5.29. The van der Waals surface area contributed by atoms with Crippen LogP contribution in [0.25, 0.3) is 0 Å². The third kappa shape index (κ3) is 6.59. The summed E-state index contributed by atoms with van der Waals surface area (Å²) in [6.45, 7) is 3.67. The number of benzene rings is 2.